The van der Waals surface area contributed by atoms with E-state index in [0.29, 0.717) is 12.4 Å². The van der Waals surface area contributed by atoms with E-state index in [0.717, 1.165) is 17.1 Å². The predicted octanol–water partition coefficient (Wildman–Crippen LogP) is 3.81. The second-order valence-corrected chi connectivity index (χ2v) is 5.78. The minimum Gasteiger partial charge on any atom is -0.476 e. The Morgan fingerprint density at radius 2 is 1.77 bits per heavy atom. The van der Waals surface area contributed by atoms with E-state index in [-0.39, 0.29) is 5.97 Å². The SMILES string of the molecule is CCOC(=O)C(C)(C)Oc1cccc(-n2c(C)ccc2C)c1. The van der Waals surface area contributed by atoms with Crippen LogP contribution in [-0.2, 0) is 9.53 Å². The molecule has 0 aliphatic carbocycles. The Kier molecular flexibility index (Phi) is 4.59. The van der Waals surface area contributed by atoms with Crippen molar-refractivity contribution >= 4 is 5.97 Å². The number of carbonyl (C=O) groups is 1. The quantitative estimate of drug-likeness (QED) is 0.788. The molecule has 2 aromatic rings. The van der Waals surface area contributed by atoms with Gasteiger partial charge in [0.15, 0.2) is 5.60 Å². The van der Waals surface area contributed by atoms with Gasteiger partial charge in [0.2, 0.25) is 0 Å². The van der Waals surface area contributed by atoms with Crippen molar-refractivity contribution in [1.82, 2.24) is 4.57 Å². The fraction of sp³-hybridized carbons (Fsp3) is 0.389. The number of rotatable bonds is 5. The molecule has 0 fully saturated rings. The number of ether oxygens (including phenoxy) is 2. The van der Waals surface area contributed by atoms with Gasteiger partial charge < -0.3 is 14.0 Å². The number of carbonyl (C=O) groups excluding carboxylic acids is 1. The molecule has 1 aromatic carbocycles. The summed E-state index contributed by atoms with van der Waals surface area (Å²) < 4.78 is 13.0. The average Bonchev–Trinajstić information content (AvgIpc) is 2.78. The summed E-state index contributed by atoms with van der Waals surface area (Å²) in [5.41, 5.74) is 2.30. The predicted molar refractivity (Wildman–Crippen MR) is 86.6 cm³/mol. The summed E-state index contributed by atoms with van der Waals surface area (Å²) in [5, 5.41) is 0. The maximum Gasteiger partial charge on any atom is 0.349 e. The number of aromatic nitrogens is 1. The summed E-state index contributed by atoms with van der Waals surface area (Å²) >= 11 is 0. The van der Waals surface area contributed by atoms with Gasteiger partial charge in [0.25, 0.3) is 0 Å². The van der Waals surface area contributed by atoms with Crippen LogP contribution < -0.4 is 4.74 Å². The highest BCUT2D eigenvalue weighted by Crippen LogP contribution is 2.24. The monoisotopic (exact) mass is 301 g/mol. The van der Waals surface area contributed by atoms with Gasteiger partial charge >= 0.3 is 5.97 Å². The summed E-state index contributed by atoms with van der Waals surface area (Å²) in [7, 11) is 0. The molecule has 0 bridgehead atoms. The van der Waals surface area contributed by atoms with Gasteiger partial charge in [-0.1, -0.05) is 6.07 Å². The molecule has 1 aromatic heterocycles. The highest BCUT2D eigenvalue weighted by atomic mass is 16.6. The zero-order valence-electron chi connectivity index (χ0n) is 13.8. The molecule has 0 spiro atoms. The molecule has 0 aliphatic rings. The molecule has 0 radical (unpaired) electrons. The lowest BCUT2D eigenvalue weighted by molar-refractivity contribution is -0.158. The van der Waals surface area contributed by atoms with Gasteiger partial charge in [-0.3, -0.25) is 0 Å². The average molecular weight is 301 g/mol. The van der Waals surface area contributed by atoms with Crippen molar-refractivity contribution in [2.45, 2.75) is 40.2 Å². The van der Waals surface area contributed by atoms with E-state index in [2.05, 4.69) is 30.5 Å². The molecular weight excluding hydrogens is 278 g/mol. The summed E-state index contributed by atoms with van der Waals surface area (Å²) in [4.78, 5) is 11.9. The van der Waals surface area contributed by atoms with Gasteiger partial charge in [0.1, 0.15) is 5.75 Å². The van der Waals surface area contributed by atoms with Crippen LogP contribution in [0, 0.1) is 13.8 Å². The minimum absolute atomic E-state index is 0.341. The van der Waals surface area contributed by atoms with Crippen molar-refractivity contribution in [2.75, 3.05) is 6.61 Å². The van der Waals surface area contributed by atoms with E-state index in [1.54, 1.807) is 20.8 Å². The Bertz CT molecular complexity index is 651. The number of nitrogens with zero attached hydrogens (tertiary/aromatic N) is 1. The molecule has 4 heteroatoms. The topological polar surface area (TPSA) is 40.5 Å². The number of esters is 1. The van der Waals surface area contributed by atoms with Crippen molar-refractivity contribution in [1.29, 1.82) is 0 Å². The van der Waals surface area contributed by atoms with E-state index in [1.807, 2.05) is 24.3 Å². The molecule has 4 nitrogen and oxygen atoms in total. The first-order chi connectivity index (χ1) is 10.3. The second-order valence-electron chi connectivity index (χ2n) is 5.78. The summed E-state index contributed by atoms with van der Waals surface area (Å²) in [6.07, 6.45) is 0. The van der Waals surface area contributed by atoms with Crippen molar-refractivity contribution in [3.8, 4) is 11.4 Å². The second kappa shape index (κ2) is 6.26. The molecule has 0 unspecified atom stereocenters. The third-order valence-corrected chi connectivity index (χ3v) is 3.49. The first kappa shape index (κ1) is 16.1. The van der Waals surface area contributed by atoms with E-state index in [1.165, 1.54) is 0 Å². The first-order valence-corrected chi connectivity index (χ1v) is 7.47. The van der Waals surface area contributed by atoms with Crippen LogP contribution in [0.5, 0.6) is 5.75 Å². The lowest BCUT2D eigenvalue weighted by Gasteiger charge is -2.24. The molecular formula is C18H23NO3. The Balaban J connectivity index is 2.28. The van der Waals surface area contributed by atoms with Gasteiger partial charge in [-0.05, 0) is 58.9 Å². The van der Waals surface area contributed by atoms with Crippen molar-refractivity contribution in [3.63, 3.8) is 0 Å². The smallest absolute Gasteiger partial charge is 0.349 e. The third kappa shape index (κ3) is 3.32. The normalized spacial score (nSPS) is 11.3. The van der Waals surface area contributed by atoms with Crippen molar-refractivity contribution in [3.05, 3.63) is 47.8 Å². The van der Waals surface area contributed by atoms with Crippen LogP contribution >= 0.6 is 0 Å². The van der Waals surface area contributed by atoms with Gasteiger partial charge in [-0.15, -0.1) is 0 Å². The maximum absolute atomic E-state index is 11.9. The van der Waals surface area contributed by atoms with Gasteiger partial charge in [-0.25, -0.2) is 4.79 Å². The number of hydrogen-bond acceptors (Lipinski definition) is 3. The zero-order chi connectivity index (χ0) is 16.3. The Morgan fingerprint density at radius 3 is 2.36 bits per heavy atom. The van der Waals surface area contributed by atoms with Crippen molar-refractivity contribution in [2.24, 2.45) is 0 Å². The fourth-order valence-corrected chi connectivity index (χ4v) is 2.40. The lowest BCUT2D eigenvalue weighted by Crippen LogP contribution is -2.39. The molecule has 0 aliphatic heterocycles. The van der Waals surface area contributed by atoms with Crippen molar-refractivity contribution < 1.29 is 14.3 Å². The van der Waals surface area contributed by atoms with Crippen LogP contribution in [0.1, 0.15) is 32.2 Å². The fourth-order valence-electron chi connectivity index (χ4n) is 2.40. The molecule has 0 atom stereocenters. The highest BCUT2D eigenvalue weighted by molar-refractivity contribution is 5.79. The Hall–Kier alpha value is -2.23. The molecule has 1 heterocycles. The van der Waals surface area contributed by atoms with E-state index in [9.17, 15) is 4.79 Å². The minimum atomic E-state index is -1.02. The summed E-state index contributed by atoms with van der Waals surface area (Å²) in [6.45, 7) is 9.67. The highest BCUT2D eigenvalue weighted by Gasteiger charge is 2.31. The van der Waals surface area contributed by atoms with E-state index < -0.39 is 5.60 Å². The standard InChI is InChI=1S/C18H23NO3/c1-6-21-17(20)18(4,5)22-16-9-7-8-15(12-16)19-13(2)10-11-14(19)3/h7-12H,6H2,1-5H3. The number of benzene rings is 1. The first-order valence-electron chi connectivity index (χ1n) is 7.47. The van der Waals surface area contributed by atoms with Crippen LogP contribution in [0.2, 0.25) is 0 Å². The van der Waals surface area contributed by atoms with Crippen LogP contribution in [-0.4, -0.2) is 22.7 Å². The molecule has 2 rings (SSSR count). The number of aryl methyl sites for hydroxylation is 2. The van der Waals surface area contributed by atoms with Crippen LogP contribution in [0.15, 0.2) is 36.4 Å². The molecule has 0 saturated heterocycles. The molecule has 0 amide bonds. The molecule has 22 heavy (non-hydrogen) atoms. The zero-order valence-corrected chi connectivity index (χ0v) is 13.8. The summed E-state index contributed by atoms with van der Waals surface area (Å²) in [6, 6.07) is 11.9. The largest absolute Gasteiger partial charge is 0.476 e. The van der Waals surface area contributed by atoms with Crippen LogP contribution in [0.4, 0.5) is 0 Å². The lowest BCUT2D eigenvalue weighted by atomic mass is 10.1. The Labute approximate surface area is 131 Å². The Morgan fingerprint density at radius 1 is 1.14 bits per heavy atom. The van der Waals surface area contributed by atoms with E-state index >= 15 is 0 Å². The van der Waals surface area contributed by atoms with Gasteiger partial charge in [-0.2, -0.15) is 0 Å². The summed E-state index contributed by atoms with van der Waals surface area (Å²) in [5.74, 6) is 0.275. The molecule has 0 saturated carbocycles. The molecule has 118 valence electrons. The molecule has 0 N–H and O–H groups in total. The van der Waals surface area contributed by atoms with Gasteiger partial charge in [0, 0.05) is 23.1 Å². The maximum atomic E-state index is 11.9. The number of hydrogen-bond donors (Lipinski definition) is 0. The third-order valence-electron chi connectivity index (χ3n) is 3.49. The van der Waals surface area contributed by atoms with Gasteiger partial charge in [0.05, 0.1) is 6.61 Å². The van der Waals surface area contributed by atoms with Crippen LogP contribution in [0.25, 0.3) is 5.69 Å². The van der Waals surface area contributed by atoms with E-state index in [4.69, 9.17) is 9.47 Å². The van der Waals surface area contributed by atoms with Crippen LogP contribution in [0.3, 0.4) is 0 Å².